The summed E-state index contributed by atoms with van der Waals surface area (Å²) in [6.45, 7) is 3.99. The SMILES string of the molecule is Cc1ccc2nc(C3CCCN3Cc3cccnc3N)[nH]c2c1. The number of aromatic amines is 1. The summed E-state index contributed by atoms with van der Waals surface area (Å²) in [5, 5.41) is 0. The number of H-pyrrole nitrogens is 1. The number of anilines is 1. The number of hydrogen-bond donors (Lipinski definition) is 2. The van der Waals surface area contributed by atoms with Crippen LogP contribution in [0.5, 0.6) is 0 Å². The van der Waals surface area contributed by atoms with Crippen molar-refractivity contribution in [3.05, 3.63) is 53.5 Å². The number of rotatable bonds is 3. The largest absolute Gasteiger partial charge is 0.383 e. The summed E-state index contributed by atoms with van der Waals surface area (Å²) >= 11 is 0. The van der Waals surface area contributed by atoms with Gasteiger partial charge in [0, 0.05) is 18.3 Å². The fourth-order valence-electron chi connectivity index (χ4n) is 3.43. The Kier molecular flexibility index (Phi) is 3.50. The van der Waals surface area contributed by atoms with Gasteiger partial charge in [0.2, 0.25) is 0 Å². The van der Waals surface area contributed by atoms with Crippen molar-refractivity contribution in [1.82, 2.24) is 19.9 Å². The van der Waals surface area contributed by atoms with Crippen LogP contribution in [-0.4, -0.2) is 26.4 Å². The normalized spacial score (nSPS) is 18.7. The molecule has 1 fully saturated rings. The highest BCUT2D eigenvalue weighted by molar-refractivity contribution is 5.75. The number of nitrogens with two attached hydrogens (primary N) is 1. The average molecular weight is 307 g/mol. The van der Waals surface area contributed by atoms with Crippen LogP contribution in [0.2, 0.25) is 0 Å². The Balaban J connectivity index is 1.62. The minimum absolute atomic E-state index is 0.322. The van der Waals surface area contributed by atoms with E-state index in [1.165, 1.54) is 12.0 Å². The number of imidazole rings is 1. The molecule has 1 aliphatic rings. The summed E-state index contributed by atoms with van der Waals surface area (Å²) in [4.78, 5) is 14.9. The molecule has 118 valence electrons. The van der Waals surface area contributed by atoms with Crippen LogP contribution >= 0.6 is 0 Å². The van der Waals surface area contributed by atoms with E-state index >= 15 is 0 Å². The highest BCUT2D eigenvalue weighted by atomic mass is 15.2. The minimum Gasteiger partial charge on any atom is -0.383 e. The van der Waals surface area contributed by atoms with Crippen LogP contribution in [0.4, 0.5) is 5.82 Å². The Morgan fingerprint density at radius 1 is 1.35 bits per heavy atom. The second-order valence-corrected chi connectivity index (χ2v) is 6.32. The van der Waals surface area contributed by atoms with Crippen molar-refractivity contribution in [1.29, 1.82) is 0 Å². The van der Waals surface area contributed by atoms with E-state index in [2.05, 4.69) is 46.1 Å². The van der Waals surface area contributed by atoms with Gasteiger partial charge in [-0.25, -0.2) is 9.97 Å². The molecule has 1 atom stereocenters. The first-order chi connectivity index (χ1) is 11.2. The zero-order valence-electron chi connectivity index (χ0n) is 13.3. The molecule has 1 unspecified atom stereocenters. The summed E-state index contributed by atoms with van der Waals surface area (Å²) in [5.41, 5.74) is 10.5. The first-order valence-corrected chi connectivity index (χ1v) is 8.10. The Bertz CT molecular complexity index is 838. The fourth-order valence-corrected chi connectivity index (χ4v) is 3.43. The third-order valence-corrected chi connectivity index (χ3v) is 4.63. The summed E-state index contributed by atoms with van der Waals surface area (Å²) in [5.74, 6) is 1.68. The molecule has 1 aliphatic heterocycles. The van der Waals surface area contributed by atoms with E-state index in [1.54, 1.807) is 6.20 Å². The van der Waals surface area contributed by atoms with Crippen molar-refractivity contribution in [3.8, 4) is 0 Å². The number of benzene rings is 1. The Labute approximate surface area is 135 Å². The number of hydrogen-bond acceptors (Lipinski definition) is 4. The van der Waals surface area contributed by atoms with Gasteiger partial charge in [-0.15, -0.1) is 0 Å². The molecule has 0 saturated carbocycles. The van der Waals surface area contributed by atoms with Gasteiger partial charge >= 0.3 is 0 Å². The molecule has 0 spiro atoms. The molecule has 0 radical (unpaired) electrons. The molecule has 5 nitrogen and oxygen atoms in total. The van der Waals surface area contributed by atoms with E-state index in [4.69, 9.17) is 10.7 Å². The number of aryl methyl sites for hydroxylation is 1. The molecule has 1 saturated heterocycles. The smallest absolute Gasteiger partial charge is 0.127 e. The highest BCUT2D eigenvalue weighted by Gasteiger charge is 2.28. The maximum Gasteiger partial charge on any atom is 0.127 e. The summed E-state index contributed by atoms with van der Waals surface area (Å²) in [6, 6.07) is 10.7. The van der Waals surface area contributed by atoms with Crippen molar-refractivity contribution < 1.29 is 0 Å². The molecule has 23 heavy (non-hydrogen) atoms. The van der Waals surface area contributed by atoms with Gasteiger partial charge < -0.3 is 10.7 Å². The van der Waals surface area contributed by atoms with Gasteiger partial charge in [0.25, 0.3) is 0 Å². The Hall–Kier alpha value is -2.40. The summed E-state index contributed by atoms with van der Waals surface area (Å²) < 4.78 is 0. The lowest BCUT2D eigenvalue weighted by atomic mass is 10.2. The Morgan fingerprint density at radius 3 is 3.13 bits per heavy atom. The lowest BCUT2D eigenvalue weighted by Gasteiger charge is -2.23. The molecule has 5 heteroatoms. The minimum atomic E-state index is 0.322. The first kappa shape index (κ1) is 14.2. The molecule has 0 aliphatic carbocycles. The molecule has 0 amide bonds. The van der Waals surface area contributed by atoms with Gasteiger partial charge in [0.1, 0.15) is 11.6 Å². The van der Waals surface area contributed by atoms with Crippen LogP contribution in [0.15, 0.2) is 36.5 Å². The van der Waals surface area contributed by atoms with Crippen LogP contribution in [0.1, 0.15) is 35.8 Å². The number of nitrogens with zero attached hydrogens (tertiary/aromatic N) is 3. The lowest BCUT2D eigenvalue weighted by Crippen LogP contribution is -2.24. The highest BCUT2D eigenvalue weighted by Crippen LogP contribution is 2.33. The second kappa shape index (κ2) is 5.66. The fraction of sp³-hybridized carbons (Fsp3) is 0.333. The number of aromatic nitrogens is 3. The second-order valence-electron chi connectivity index (χ2n) is 6.32. The van der Waals surface area contributed by atoms with Crippen molar-refractivity contribution >= 4 is 16.9 Å². The van der Waals surface area contributed by atoms with Crippen molar-refractivity contribution in [2.24, 2.45) is 0 Å². The predicted molar refractivity (Wildman–Crippen MR) is 91.9 cm³/mol. The van der Waals surface area contributed by atoms with Crippen molar-refractivity contribution in [3.63, 3.8) is 0 Å². The predicted octanol–water partition coefficient (Wildman–Crippen LogP) is 3.19. The number of pyridine rings is 1. The molecule has 1 aromatic carbocycles. The molecule has 3 heterocycles. The standard InChI is InChI=1S/C18H21N5/c1-12-6-7-14-15(10-12)22-18(21-14)16-5-3-9-23(16)11-13-4-2-8-20-17(13)19/h2,4,6-8,10,16H,3,5,9,11H2,1H3,(H2,19,20)(H,21,22). The van der Waals surface area contributed by atoms with E-state index in [-0.39, 0.29) is 0 Å². The van der Waals surface area contributed by atoms with Crippen LogP contribution in [0.3, 0.4) is 0 Å². The zero-order valence-corrected chi connectivity index (χ0v) is 13.3. The lowest BCUT2D eigenvalue weighted by molar-refractivity contribution is 0.241. The number of nitrogen functional groups attached to an aromatic ring is 1. The van der Waals surface area contributed by atoms with E-state index in [0.29, 0.717) is 11.9 Å². The van der Waals surface area contributed by atoms with E-state index in [1.807, 2.05) is 6.07 Å². The number of fused-ring (bicyclic) bond motifs is 1. The molecule has 3 N–H and O–H groups in total. The molecular weight excluding hydrogens is 286 g/mol. The molecule has 3 aromatic rings. The van der Waals surface area contributed by atoms with Crippen LogP contribution in [-0.2, 0) is 6.54 Å². The van der Waals surface area contributed by atoms with Crippen molar-refractivity contribution in [2.45, 2.75) is 32.4 Å². The van der Waals surface area contributed by atoms with E-state index < -0.39 is 0 Å². The third kappa shape index (κ3) is 2.68. The summed E-state index contributed by atoms with van der Waals surface area (Å²) in [7, 11) is 0. The van der Waals surface area contributed by atoms with Crippen molar-refractivity contribution in [2.75, 3.05) is 12.3 Å². The molecule has 0 bridgehead atoms. The van der Waals surface area contributed by atoms with Gasteiger partial charge in [0.15, 0.2) is 0 Å². The van der Waals surface area contributed by atoms with Crippen LogP contribution in [0, 0.1) is 6.92 Å². The van der Waals surface area contributed by atoms with Crippen LogP contribution < -0.4 is 5.73 Å². The summed E-state index contributed by atoms with van der Waals surface area (Å²) in [6.07, 6.45) is 4.04. The average Bonchev–Trinajstić information content (AvgIpc) is 3.15. The topological polar surface area (TPSA) is 70.8 Å². The maximum atomic E-state index is 6.00. The van der Waals surface area contributed by atoms with Gasteiger partial charge in [-0.2, -0.15) is 0 Å². The molecular formula is C18H21N5. The molecule has 2 aromatic heterocycles. The zero-order chi connectivity index (χ0) is 15.8. The van der Waals surface area contributed by atoms with Gasteiger partial charge in [-0.05, 0) is 50.1 Å². The van der Waals surface area contributed by atoms with Gasteiger partial charge in [-0.1, -0.05) is 12.1 Å². The van der Waals surface area contributed by atoms with Gasteiger partial charge in [0.05, 0.1) is 17.1 Å². The third-order valence-electron chi connectivity index (χ3n) is 4.63. The quantitative estimate of drug-likeness (QED) is 0.779. The first-order valence-electron chi connectivity index (χ1n) is 8.10. The van der Waals surface area contributed by atoms with Gasteiger partial charge in [-0.3, -0.25) is 4.90 Å². The molecule has 4 rings (SSSR count). The Morgan fingerprint density at radius 2 is 2.26 bits per heavy atom. The maximum absolute atomic E-state index is 6.00. The number of nitrogens with one attached hydrogen (secondary N) is 1. The van der Waals surface area contributed by atoms with E-state index in [9.17, 15) is 0 Å². The van der Waals surface area contributed by atoms with E-state index in [0.717, 1.165) is 41.9 Å². The number of likely N-dealkylation sites (tertiary alicyclic amines) is 1. The monoisotopic (exact) mass is 307 g/mol. The van der Waals surface area contributed by atoms with Crippen LogP contribution in [0.25, 0.3) is 11.0 Å².